The minimum Gasteiger partial charge on any atom is -0.309 e. The number of aromatic nitrogens is 4. The summed E-state index contributed by atoms with van der Waals surface area (Å²) in [7, 11) is 0. The van der Waals surface area contributed by atoms with Crippen LogP contribution in [0.3, 0.4) is 0 Å². The molecule has 10 aromatic carbocycles. The zero-order chi connectivity index (χ0) is 46.7. The van der Waals surface area contributed by atoms with E-state index in [0.717, 1.165) is 72.6 Å². The molecule has 4 heteroatoms. The van der Waals surface area contributed by atoms with Gasteiger partial charge in [-0.3, -0.25) is 0 Å². The first-order valence-corrected chi connectivity index (χ1v) is 24.0. The van der Waals surface area contributed by atoms with Gasteiger partial charge in [-0.2, -0.15) is 0 Å². The Hall–Kier alpha value is -9.12. The van der Waals surface area contributed by atoms with Gasteiger partial charge in [-0.15, -0.1) is 0 Å². The van der Waals surface area contributed by atoms with Crippen molar-refractivity contribution in [3.8, 4) is 78.7 Å². The maximum atomic E-state index is 5.34. The van der Waals surface area contributed by atoms with Crippen molar-refractivity contribution in [3.05, 3.63) is 254 Å². The second-order valence-electron chi connectivity index (χ2n) is 18.3. The Morgan fingerprint density at radius 3 is 1.21 bits per heavy atom. The average Bonchev–Trinajstić information content (AvgIpc) is 3.93. The predicted octanol–water partition coefficient (Wildman–Crippen LogP) is 17.3. The fourth-order valence-electron chi connectivity index (χ4n) is 10.4. The van der Waals surface area contributed by atoms with Crippen molar-refractivity contribution in [2.45, 2.75) is 13.8 Å². The minimum atomic E-state index is 0.663. The molecular weight excluding hydrogens is 849 g/mol. The molecule has 3 heterocycles. The highest BCUT2D eigenvalue weighted by molar-refractivity contribution is 6.13. The summed E-state index contributed by atoms with van der Waals surface area (Å²) in [5.74, 6) is 0.663. The molecule has 0 fully saturated rings. The summed E-state index contributed by atoms with van der Waals surface area (Å²) in [5, 5.41) is 4.83. The maximum Gasteiger partial charge on any atom is 0.160 e. The lowest BCUT2D eigenvalue weighted by Gasteiger charge is -2.20. The molecule has 4 nitrogen and oxygen atoms in total. The van der Waals surface area contributed by atoms with Gasteiger partial charge in [-0.1, -0.05) is 187 Å². The monoisotopic (exact) mass is 894 g/mol. The van der Waals surface area contributed by atoms with E-state index in [1.54, 1.807) is 0 Å². The van der Waals surface area contributed by atoms with Crippen molar-refractivity contribution in [2.24, 2.45) is 0 Å². The van der Waals surface area contributed by atoms with Crippen molar-refractivity contribution in [3.63, 3.8) is 0 Å². The van der Waals surface area contributed by atoms with Gasteiger partial charge in [0.25, 0.3) is 0 Å². The van der Waals surface area contributed by atoms with E-state index in [0.29, 0.717) is 5.82 Å². The van der Waals surface area contributed by atoms with E-state index in [9.17, 15) is 0 Å². The van der Waals surface area contributed by atoms with Crippen molar-refractivity contribution < 1.29 is 0 Å². The number of hydrogen-bond acceptors (Lipinski definition) is 2. The second kappa shape index (κ2) is 16.9. The minimum absolute atomic E-state index is 0.663. The molecule has 13 aromatic rings. The summed E-state index contributed by atoms with van der Waals surface area (Å²) in [6, 6.07) is 87.7. The van der Waals surface area contributed by atoms with Crippen LogP contribution < -0.4 is 0 Å². The SMILES string of the molecule is Cc1ccc(-c2ccc3c(c2)c2ccccc2n3-c2ccccc2-c2cc(-c3nc(-c4ccccc4)cc(-c4ccccc4)n3)ccc2-n2c3ccccc3c3cc(-c4ccc(C)cc4)ccc32)cc1. The molecule has 0 spiro atoms. The molecule has 0 atom stereocenters. The van der Waals surface area contributed by atoms with Crippen molar-refractivity contribution >= 4 is 43.6 Å². The van der Waals surface area contributed by atoms with E-state index < -0.39 is 0 Å². The Labute approximate surface area is 407 Å². The molecular formula is C66H46N4. The number of aryl methyl sites for hydroxylation is 2. The molecule has 0 aliphatic rings. The molecule has 0 aliphatic carbocycles. The Balaban J connectivity index is 1.08. The normalized spacial score (nSPS) is 11.6. The smallest absolute Gasteiger partial charge is 0.160 e. The van der Waals surface area contributed by atoms with Gasteiger partial charge in [0, 0.05) is 49.4 Å². The van der Waals surface area contributed by atoms with Crippen LogP contribution in [0.2, 0.25) is 0 Å². The van der Waals surface area contributed by atoms with Crippen LogP contribution in [-0.4, -0.2) is 19.1 Å². The molecule has 70 heavy (non-hydrogen) atoms. The molecule has 0 saturated heterocycles. The topological polar surface area (TPSA) is 35.6 Å². The molecule has 0 saturated carbocycles. The number of nitrogens with zero attached hydrogens (tertiary/aromatic N) is 4. The highest BCUT2D eigenvalue weighted by Gasteiger charge is 2.22. The summed E-state index contributed by atoms with van der Waals surface area (Å²) in [4.78, 5) is 10.7. The van der Waals surface area contributed by atoms with Crippen LogP contribution in [0, 0.1) is 13.8 Å². The third-order valence-electron chi connectivity index (χ3n) is 13.9. The molecule has 3 aromatic heterocycles. The van der Waals surface area contributed by atoms with Crippen LogP contribution in [0.1, 0.15) is 11.1 Å². The van der Waals surface area contributed by atoms with Crippen LogP contribution in [0.25, 0.3) is 122 Å². The Kier molecular flexibility index (Phi) is 9.91. The molecule has 0 bridgehead atoms. The van der Waals surface area contributed by atoms with Gasteiger partial charge in [0.15, 0.2) is 5.82 Å². The fourth-order valence-corrected chi connectivity index (χ4v) is 10.4. The number of rotatable bonds is 8. The predicted molar refractivity (Wildman–Crippen MR) is 293 cm³/mol. The van der Waals surface area contributed by atoms with Gasteiger partial charge in [0.1, 0.15) is 0 Å². The van der Waals surface area contributed by atoms with E-state index >= 15 is 0 Å². The fraction of sp³-hybridized carbons (Fsp3) is 0.0303. The lowest BCUT2D eigenvalue weighted by molar-refractivity contribution is 1.15. The lowest BCUT2D eigenvalue weighted by atomic mass is 9.97. The second-order valence-corrected chi connectivity index (χ2v) is 18.3. The van der Waals surface area contributed by atoms with E-state index in [2.05, 4.69) is 254 Å². The van der Waals surface area contributed by atoms with Gasteiger partial charge in [-0.05, 0) is 103 Å². The molecule has 0 aliphatic heterocycles. The zero-order valence-electron chi connectivity index (χ0n) is 38.9. The van der Waals surface area contributed by atoms with Crippen LogP contribution in [0.4, 0.5) is 0 Å². The Bertz CT molecular complexity index is 4050. The molecule has 330 valence electrons. The molecule has 0 radical (unpaired) electrons. The summed E-state index contributed by atoms with van der Waals surface area (Å²) in [6.45, 7) is 4.28. The van der Waals surface area contributed by atoms with Crippen molar-refractivity contribution in [1.82, 2.24) is 19.1 Å². The number of hydrogen-bond donors (Lipinski definition) is 0. The van der Waals surface area contributed by atoms with Crippen molar-refractivity contribution in [1.29, 1.82) is 0 Å². The highest BCUT2D eigenvalue weighted by Crippen LogP contribution is 2.43. The van der Waals surface area contributed by atoms with Crippen LogP contribution in [0.15, 0.2) is 243 Å². The molecule has 0 amide bonds. The molecule has 0 N–H and O–H groups in total. The van der Waals surface area contributed by atoms with Crippen LogP contribution in [0.5, 0.6) is 0 Å². The van der Waals surface area contributed by atoms with E-state index in [4.69, 9.17) is 9.97 Å². The third kappa shape index (κ3) is 7.08. The zero-order valence-corrected chi connectivity index (χ0v) is 38.9. The van der Waals surface area contributed by atoms with E-state index in [1.807, 2.05) is 12.1 Å². The number of fused-ring (bicyclic) bond motifs is 6. The van der Waals surface area contributed by atoms with Crippen LogP contribution >= 0.6 is 0 Å². The van der Waals surface area contributed by atoms with Crippen molar-refractivity contribution in [2.75, 3.05) is 0 Å². The number of benzene rings is 10. The summed E-state index contributed by atoms with van der Waals surface area (Å²) < 4.78 is 4.91. The van der Waals surface area contributed by atoms with Gasteiger partial charge in [-0.25, -0.2) is 9.97 Å². The largest absolute Gasteiger partial charge is 0.309 e. The first kappa shape index (κ1) is 41.1. The maximum absolute atomic E-state index is 5.34. The van der Waals surface area contributed by atoms with Gasteiger partial charge >= 0.3 is 0 Å². The summed E-state index contributed by atoms with van der Waals surface area (Å²) in [5.41, 5.74) is 20.9. The third-order valence-corrected chi connectivity index (χ3v) is 13.9. The van der Waals surface area contributed by atoms with Crippen LogP contribution in [-0.2, 0) is 0 Å². The molecule has 0 unspecified atom stereocenters. The average molecular weight is 895 g/mol. The van der Waals surface area contributed by atoms with Gasteiger partial charge < -0.3 is 9.13 Å². The number of para-hydroxylation sites is 3. The van der Waals surface area contributed by atoms with E-state index in [-0.39, 0.29) is 0 Å². The first-order valence-electron chi connectivity index (χ1n) is 24.0. The quantitative estimate of drug-likeness (QED) is 0.152. The Morgan fingerprint density at radius 2 is 0.686 bits per heavy atom. The van der Waals surface area contributed by atoms with E-state index in [1.165, 1.54) is 54.9 Å². The summed E-state index contributed by atoms with van der Waals surface area (Å²) >= 11 is 0. The summed E-state index contributed by atoms with van der Waals surface area (Å²) in [6.07, 6.45) is 0. The molecule has 13 rings (SSSR count). The first-order chi connectivity index (χ1) is 34.5. The standard InChI is InChI=1S/C66H46N4/c1-43-25-29-45(30-26-43)49-33-36-63-55(39-49)52-19-9-12-22-60(52)69(63)61-23-13-11-21-54(61)57-41-51(66-67-58(47-15-5-3-6-16-47)42-59(68-66)48-17-7-4-8-18-48)35-38-65(57)70-62-24-14-10-20-53(62)56-40-50(34-37-64(56)70)46-31-27-44(2)28-32-46/h3-42H,1-2H3. The lowest BCUT2D eigenvalue weighted by Crippen LogP contribution is -2.03. The Morgan fingerprint density at radius 1 is 0.271 bits per heavy atom. The van der Waals surface area contributed by atoms with Gasteiger partial charge in [0.2, 0.25) is 0 Å². The highest BCUT2D eigenvalue weighted by atomic mass is 15.0. The van der Waals surface area contributed by atoms with Gasteiger partial charge in [0.05, 0.1) is 44.8 Å².